The molecule has 0 saturated carbocycles. The predicted octanol–water partition coefficient (Wildman–Crippen LogP) is 3.27. The molecule has 1 aromatic heterocycles. The lowest BCUT2D eigenvalue weighted by Crippen LogP contribution is -2.20. The van der Waals surface area contributed by atoms with Crippen LogP contribution in [0, 0.1) is 13.5 Å². The van der Waals surface area contributed by atoms with E-state index in [2.05, 4.69) is 10.0 Å². The molecule has 21 heavy (non-hydrogen) atoms. The van der Waals surface area contributed by atoms with Gasteiger partial charge in [0.1, 0.15) is 0 Å². The van der Waals surface area contributed by atoms with E-state index in [9.17, 15) is 13.2 Å². The first-order valence-corrected chi connectivity index (χ1v) is 5.83. The number of benzene rings is 1. The minimum absolute atomic E-state index is 0.0412. The van der Waals surface area contributed by atoms with Gasteiger partial charge in [0.15, 0.2) is 11.5 Å². The lowest BCUT2D eigenvalue weighted by atomic mass is 10.1. The molecule has 2 rings (SSSR count). The second-order valence-corrected chi connectivity index (χ2v) is 4.47. The number of amidine groups is 1. The molecule has 5 nitrogen and oxygen atoms in total. The molecule has 110 valence electrons. The van der Waals surface area contributed by atoms with E-state index in [1.165, 1.54) is 16.7 Å². The Morgan fingerprint density at radius 3 is 2.67 bits per heavy atom. The highest BCUT2D eigenvalue weighted by Gasteiger charge is 2.36. The van der Waals surface area contributed by atoms with E-state index in [0.29, 0.717) is 5.69 Å². The fourth-order valence-electron chi connectivity index (χ4n) is 2.25. The quantitative estimate of drug-likeness (QED) is 0.294. The first-order chi connectivity index (χ1) is 9.79. The van der Waals surface area contributed by atoms with Gasteiger partial charge in [0.05, 0.1) is 18.7 Å². The minimum Gasteiger partial charge on any atom is -0.409 e. The van der Waals surface area contributed by atoms with Crippen molar-refractivity contribution in [2.45, 2.75) is 19.6 Å². The zero-order valence-electron chi connectivity index (χ0n) is 10.9. The van der Waals surface area contributed by atoms with Gasteiger partial charge < -0.3 is 15.5 Å². The summed E-state index contributed by atoms with van der Waals surface area (Å²) in [5.74, 6) is -0.126. The maximum atomic E-state index is 13.2. The van der Waals surface area contributed by atoms with Gasteiger partial charge in [0.2, 0.25) is 0 Å². The van der Waals surface area contributed by atoms with Gasteiger partial charge in [-0.05, 0) is 19.1 Å². The zero-order valence-corrected chi connectivity index (χ0v) is 10.9. The summed E-state index contributed by atoms with van der Waals surface area (Å²) in [5.41, 5.74) is 4.80. The molecular weight excluding hydrogens is 285 g/mol. The van der Waals surface area contributed by atoms with Gasteiger partial charge in [-0.25, -0.2) is 4.85 Å². The molecule has 0 spiro atoms. The van der Waals surface area contributed by atoms with Gasteiger partial charge >= 0.3 is 6.18 Å². The number of aryl methyl sites for hydroxylation is 1. The van der Waals surface area contributed by atoms with Gasteiger partial charge in [0, 0.05) is 16.6 Å². The molecule has 0 unspecified atom stereocenters. The summed E-state index contributed by atoms with van der Waals surface area (Å²) in [7, 11) is 0. The fraction of sp³-hybridized carbons (Fsp3) is 0.231. The number of nitrogens with zero attached hydrogens (tertiary/aromatic N) is 3. The van der Waals surface area contributed by atoms with E-state index in [4.69, 9.17) is 17.5 Å². The van der Waals surface area contributed by atoms with Crippen molar-refractivity contribution in [3.8, 4) is 0 Å². The molecule has 0 aliphatic rings. The third-order valence-electron chi connectivity index (χ3n) is 3.12. The molecule has 0 fully saturated rings. The molecule has 0 radical (unpaired) electrons. The Morgan fingerprint density at radius 2 is 2.14 bits per heavy atom. The lowest BCUT2D eigenvalue weighted by Gasteiger charge is -2.12. The third-order valence-corrected chi connectivity index (χ3v) is 3.12. The van der Waals surface area contributed by atoms with Gasteiger partial charge in [-0.2, -0.15) is 13.2 Å². The summed E-state index contributed by atoms with van der Waals surface area (Å²) in [6.07, 6.45) is -4.63. The van der Waals surface area contributed by atoms with Gasteiger partial charge in [-0.1, -0.05) is 11.2 Å². The van der Waals surface area contributed by atoms with Crippen LogP contribution in [0.3, 0.4) is 0 Å². The number of aromatic nitrogens is 1. The van der Waals surface area contributed by atoms with Crippen molar-refractivity contribution >= 4 is 22.4 Å². The first kappa shape index (κ1) is 14.7. The van der Waals surface area contributed by atoms with E-state index < -0.39 is 17.4 Å². The topological polar surface area (TPSA) is 67.9 Å². The van der Waals surface area contributed by atoms with E-state index >= 15 is 0 Å². The van der Waals surface area contributed by atoms with Crippen LogP contribution >= 0.6 is 0 Å². The van der Waals surface area contributed by atoms with Crippen LogP contribution in [0.4, 0.5) is 18.9 Å². The standard InChI is InChI=1S/C13H11F3N4O/c1-7-5-8-10(20(7)6-11(17)19-21)4-3-9(18-2)12(8)13(14,15)16/h3-5,21H,6H2,1H3,(H2,17,19). The average Bonchev–Trinajstić information content (AvgIpc) is 2.72. The largest absolute Gasteiger partial charge is 0.409 e. The molecular formula is C13H11F3N4O. The first-order valence-electron chi connectivity index (χ1n) is 5.83. The molecule has 3 N–H and O–H groups in total. The highest BCUT2D eigenvalue weighted by Crippen LogP contribution is 2.42. The number of rotatable bonds is 2. The highest BCUT2D eigenvalue weighted by molar-refractivity contribution is 5.91. The van der Waals surface area contributed by atoms with Crippen molar-refractivity contribution in [1.29, 1.82) is 0 Å². The van der Waals surface area contributed by atoms with E-state index in [1.54, 1.807) is 6.92 Å². The fourth-order valence-corrected chi connectivity index (χ4v) is 2.25. The number of alkyl halides is 3. The summed E-state index contributed by atoms with van der Waals surface area (Å²) in [4.78, 5) is 2.94. The molecule has 1 aromatic carbocycles. The summed E-state index contributed by atoms with van der Waals surface area (Å²) in [6.45, 7) is 8.46. The normalized spacial score (nSPS) is 12.6. The number of hydrogen-bond acceptors (Lipinski definition) is 2. The van der Waals surface area contributed by atoms with Crippen molar-refractivity contribution in [2.75, 3.05) is 0 Å². The second-order valence-electron chi connectivity index (χ2n) is 4.47. The number of nitrogens with two attached hydrogens (primary N) is 1. The van der Waals surface area contributed by atoms with Crippen LogP contribution in [0.1, 0.15) is 11.3 Å². The summed E-state index contributed by atoms with van der Waals surface area (Å²) >= 11 is 0. The van der Waals surface area contributed by atoms with Crippen LogP contribution in [-0.4, -0.2) is 15.6 Å². The van der Waals surface area contributed by atoms with E-state index in [-0.39, 0.29) is 23.3 Å². The molecule has 1 heterocycles. The molecule has 2 aromatic rings. The van der Waals surface area contributed by atoms with Gasteiger partial charge in [-0.3, -0.25) is 0 Å². The van der Waals surface area contributed by atoms with Crippen LogP contribution < -0.4 is 5.73 Å². The summed E-state index contributed by atoms with van der Waals surface area (Å²) in [6, 6.07) is 3.90. The highest BCUT2D eigenvalue weighted by atomic mass is 19.4. The number of hydrogen-bond donors (Lipinski definition) is 2. The molecule has 0 aliphatic carbocycles. The lowest BCUT2D eigenvalue weighted by molar-refractivity contribution is -0.135. The minimum atomic E-state index is -4.63. The third kappa shape index (κ3) is 2.50. The van der Waals surface area contributed by atoms with Crippen LogP contribution in [0.5, 0.6) is 0 Å². The van der Waals surface area contributed by atoms with Crippen molar-refractivity contribution < 1.29 is 18.4 Å². The molecule has 8 heteroatoms. The van der Waals surface area contributed by atoms with Crippen LogP contribution in [0.2, 0.25) is 0 Å². The van der Waals surface area contributed by atoms with E-state index in [0.717, 1.165) is 6.07 Å². The molecule has 0 atom stereocenters. The Morgan fingerprint density at radius 1 is 1.48 bits per heavy atom. The van der Waals surface area contributed by atoms with Crippen molar-refractivity contribution in [2.24, 2.45) is 10.9 Å². The Balaban J connectivity index is 2.79. The SMILES string of the molecule is [C-]#[N+]c1ccc2c(cc(C)n2CC(N)=NO)c1C(F)(F)F. The second kappa shape index (κ2) is 5.01. The average molecular weight is 296 g/mol. The van der Waals surface area contributed by atoms with E-state index in [1.807, 2.05) is 0 Å². The van der Waals surface area contributed by atoms with Crippen LogP contribution in [0.25, 0.3) is 15.7 Å². The summed E-state index contributed by atoms with van der Waals surface area (Å²) < 4.78 is 41.1. The number of oxime groups is 1. The van der Waals surface area contributed by atoms with Crippen LogP contribution in [-0.2, 0) is 12.7 Å². The van der Waals surface area contributed by atoms with Gasteiger partial charge in [-0.15, -0.1) is 0 Å². The van der Waals surface area contributed by atoms with Crippen LogP contribution in [0.15, 0.2) is 23.4 Å². The maximum absolute atomic E-state index is 13.2. The predicted molar refractivity (Wildman–Crippen MR) is 71.3 cm³/mol. The molecule has 0 bridgehead atoms. The monoisotopic (exact) mass is 296 g/mol. The van der Waals surface area contributed by atoms with Gasteiger partial charge in [0.25, 0.3) is 0 Å². The van der Waals surface area contributed by atoms with Crippen molar-refractivity contribution in [3.05, 3.63) is 40.9 Å². The molecule has 0 aliphatic heterocycles. The Bertz CT molecular complexity index is 768. The summed E-state index contributed by atoms with van der Waals surface area (Å²) in [5, 5.41) is 11.3. The maximum Gasteiger partial charge on any atom is 0.408 e. The Labute approximate surface area is 117 Å². The zero-order chi connectivity index (χ0) is 15.8. The number of halogens is 3. The van der Waals surface area contributed by atoms with Crippen molar-refractivity contribution in [3.63, 3.8) is 0 Å². The Hall–Kier alpha value is -2.69. The molecule has 0 saturated heterocycles. The van der Waals surface area contributed by atoms with Crippen molar-refractivity contribution in [1.82, 2.24) is 4.57 Å². The molecule has 0 amide bonds. The number of fused-ring (bicyclic) bond motifs is 1. The Kier molecular flexibility index (Phi) is 3.51. The smallest absolute Gasteiger partial charge is 0.408 e.